The fraction of sp³-hybridized carbons (Fsp3) is 0.154. The van der Waals surface area contributed by atoms with Crippen molar-refractivity contribution < 1.29 is 0 Å². The number of benzene rings is 1. The zero-order chi connectivity index (χ0) is 13.3. The number of aryl methyl sites for hydroxylation is 1. The van der Waals surface area contributed by atoms with Crippen molar-refractivity contribution in [3.8, 4) is 0 Å². The summed E-state index contributed by atoms with van der Waals surface area (Å²) in [5.41, 5.74) is 1.64. The van der Waals surface area contributed by atoms with Gasteiger partial charge in [-0.05, 0) is 46.6 Å². The summed E-state index contributed by atoms with van der Waals surface area (Å²) < 4.78 is 2.12. The highest BCUT2D eigenvalue weighted by atomic mass is 79.9. The van der Waals surface area contributed by atoms with Gasteiger partial charge in [-0.1, -0.05) is 29.3 Å². The highest BCUT2D eigenvalue weighted by Crippen LogP contribution is 2.24. The monoisotopic (exact) mass is 345 g/mol. The lowest BCUT2D eigenvalue weighted by molar-refractivity contribution is 0.750. The van der Waals surface area contributed by atoms with Crippen molar-refractivity contribution in [1.29, 1.82) is 0 Å². The van der Waals surface area contributed by atoms with Gasteiger partial charge in [0.05, 0.1) is 11.0 Å². The predicted octanol–water partition coefficient (Wildman–Crippen LogP) is 4.27. The van der Waals surface area contributed by atoms with Crippen molar-refractivity contribution in [2.24, 2.45) is 0 Å². The van der Waals surface area contributed by atoms with Gasteiger partial charge in [-0.25, -0.2) is 0 Å². The van der Waals surface area contributed by atoms with Crippen LogP contribution >= 0.6 is 39.1 Å². The molecule has 18 heavy (non-hydrogen) atoms. The lowest BCUT2D eigenvalue weighted by Crippen LogP contribution is -2.21. The molecule has 0 unspecified atom stereocenters. The SMILES string of the molecule is Cc1cc(Br)c(=O)n(Cc2c(Cl)cccc2Cl)c1. The first-order valence-corrected chi connectivity index (χ1v) is 6.83. The van der Waals surface area contributed by atoms with E-state index < -0.39 is 0 Å². The smallest absolute Gasteiger partial charge is 0.265 e. The first kappa shape index (κ1) is 13.7. The van der Waals surface area contributed by atoms with Crippen LogP contribution in [0.15, 0.2) is 39.7 Å². The normalized spacial score (nSPS) is 10.7. The van der Waals surface area contributed by atoms with Gasteiger partial charge in [0, 0.05) is 21.8 Å². The Morgan fingerprint density at radius 1 is 1.28 bits per heavy atom. The Morgan fingerprint density at radius 3 is 2.50 bits per heavy atom. The zero-order valence-electron chi connectivity index (χ0n) is 9.58. The topological polar surface area (TPSA) is 22.0 Å². The summed E-state index contributed by atoms with van der Waals surface area (Å²) in [5.74, 6) is 0. The summed E-state index contributed by atoms with van der Waals surface area (Å²) in [7, 11) is 0. The molecule has 5 heteroatoms. The van der Waals surface area contributed by atoms with Crippen molar-refractivity contribution >= 4 is 39.1 Å². The third kappa shape index (κ3) is 2.79. The molecule has 0 saturated heterocycles. The molecule has 0 saturated carbocycles. The molecule has 2 nitrogen and oxygen atoms in total. The average molecular weight is 347 g/mol. The molecule has 1 aromatic carbocycles. The number of hydrogen-bond acceptors (Lipinski definition) is 1. The number of rotatable bonds is 2. The van der Waals surface area contributed by atoms with Gasteiger partial charge < -0.3 is 4.57 Å². The molecule has 1 heterocycles. The number of halogens is 3. The predicted molar refractivity (Wildman–Crippen MR) is 78.7 cm³/mol. The van der Waals surface area contributed by atoms with Crippen LogP contribution in [0, 0.1) is 6.92 Å². The van der Waals surface area contributed by atoms with Crippen LogP contribution in [0.3, 0.4) is 0 Å². The van der Waals surface area contributed by atoms with E-state index in [1.54, 1.807) is 35.0 Å². The molecule has 1 aromatic heterocycles. The third-order valence-electron chi connectivity index (χ3n) is 2.57. The molecule has 0 spiro atoms. The largest absolute Gasteiger partial charge is 0.310 e. The molecule has 0 bridgehead atoms. The van der Waals surface area contributed by atoms with Gasteiger partial charge in [0.2, 0.25) is 0 Å². The van der Waals surface area contributed by atoms with Gasteiger partial charge in [-0.15, -0.1) is 0 Å². The Kier molecular flexibility index (Phi) is 4.15. The molecule has 2 aromatic rings. The molecular formula is C13H10BrCl2NO. The van der Waals surface area contributed by atoms with E-state index in [0.29, 0.717) is 21.1 Å². The molecule has 0 aliphatic heterocycles. The summed E-state index contributed by atoms with van der Waals surface area (Å²) in [6.45, 7) is 2.28. The van der Waals surface area contributed by atoms with Crippen LogP contribution < -0.4 is 5.56 Å². The van der Waals surface area contributed by atoms with Crippen molar-refractivity contribution in [3.63, 3.8) is 0 Å². The molecule has 0 aliphatic carbocycles. The Bertz CT molecular complexity index is 632. The zero-order valence-corrected chi connectivity index (χ0v) is 12.7. The molecule has 0 radical (unpaired) electrons. The van der Waals surface area contributed by atoms with E-state index in [9.17, 15) is 4.79 Å². The van der Waals surface area contributed by atoms with Crippen LogP contribution in [0.4, 0.5) is 0 Å². The van der Waals surface area contributed by atoms with E-state index >= 15 is 0 Å². The molecule has 0 amide bonds. The Hall–Kier alpha value is -0.770. The Morgan fingerprint density at radius 2 is 1.89 bits per heavy atom. The van der Waals surface area contributed by atoms with Crippen LogP contribution in [0.5, 0.6) is 0 Å². The van der Waals surface area contributed by atoms with E-state index in [4.69, 9.17) is 23.2 Å². The number of hydrogen-bond donors (Lipinski definition) is 0. The molecule has 0 N–H and O–H groups in total. The lowest BCUT2D eigenvalue weighted by atomic mass is 10.2. The van der Waals surface area contributed by atoms with Gasteiger partial charge in [0.1, 0.15) is 0 Å². The van der Waals surface area contributed by atoms with Gasteiger partial charge in [-0.3, -0.25) is 4.79 Å². The van der Waals surface area contributed by atoms with E-state index in [1.165, 1.54) is 0 Å². The van der Waals surface area contributed by atoms with Crippen LogP contribution in [-0.2, 0) is 6.54 Å². The van der Waals surface area contributed by atoms with Gasteiger partial charge in [-0.2, -0.15) is 0 Å². The van der Waals surface area contributed by atoms with E-state index in [-0.39, 0.29) is 5.56 Å². The van der Waals surface area contributed by atoms with Gasteiger partial charge >= 0.3 is 0 Å². The Balaban J connectivity index is 2.50. The van der Waals surface area contributed by atoms with Gasteiger partial charge in [0.25, 0.3) is 5.56 Å². The molecule has 0 fully saturated rings. The van der Waals surface area contributed by atoms with Crippen LogP contribution in [0.1, 0.15) is 11.1 Å². The first-order valence-electron chi connectivity index (χ1n) is 5.28. The number of pyridine rings is 1. The lowest BCUT2D eigenvalue weighted by Gasteiger charge is -2.10. The summed E-state index contributed by atoms with van der Waals surface area (Å²) in [5, 5.41) is 1.12. The fourth-order valence-corrected chi connectivity index (χ4v) is 2.82. The van der Waals surface area contributed by atoms with Crippen molar-refractivity contribution in [1.82, 2.24) is 4.57 Å². The molecule has 94 valence electrons. The second-order valence-electron chi connectivity index (χ2n) is 4.00. The van der Waals surface area contributed by atoms with E-state index in [2.05, 4.69) is 15.9 Å². The van der Waals surface area contributed by atoms with Crippen LogP contribution in [0.25, 0.3) is 0 Å². The highest BCUT2D eigenvalue weighted by molar-refractivity contribution is 9.10. The minimum Gasteiger partial charge on any atom is -0.310 e. The Labute approximate surface area is 123 Å². The summed E-state index contributed by atoms with van der Waals surface area (Å²) >= 11 is 15.4. The first-order chi connectivity index (χ1) is 8.49. The van der Waals surface area contributed by atoms with Crippen molar-refractivity contribution in [2.75, 3.05) is 0 Å². The summed E-state index contributed by atoms with van der Waals surface area (Å²) in [6, 6.07) is 7.09. The van der Waals surface area contributed by atoms with Crippen molar-refractivity contribution in [3.05, 3.63) is 66.5 Å². The third-order valence-corrected chi connectivity index (χ3v) is 3.85. The quantitative estimate of drug-likeness (QED) is 0.795. The second kappa shape index (κ2) is 5.47. The summed E-state index contributed by atoms with van der Waals surface area (Å²) in [4.78, 5) is 12.0. The standard InChI is InChI=1S/C13H10BrCl2NO/c1-8-5-10(14)13(18)17(6-8)7-9-11(15)3-2-4-12(9)16/h2-6H,7H2,1H3. The summed E-state index contributed by atoms with van der Waals surface area (Å²) in [6.07, 6.45) is 1.78. The maximum absolute atomic E-state index is 12.0. The van der Waals surface area contributed by atoms with Crippen LogP contribution in [0.2, 0.25) is 10.0 Å². The van der Waals surface area contributed by atoms with Crippen molar-refractivity contribution in [2.45, 2.75) is 13.5 Å². The van der Waals surface area contributed by atoms with Crippen LogP contribution in [-0.4, -0.2) is 4.57 Å². The molecule has 2 rings (SSSR count). The highest BCUT2D eigenvalue weighted by Gasteiger charge is 2.09. The second-order valence-corrected chi connectivity index (χ2v) is 5.67. The number of aromatic nitrogens is 1. The minimum absolute atomic E-state index is 0.100. The minimum atomic E-state index is -0.100. The van der Waals surface area contributed by atoms with Gasteiger partial charge in [0.15, 0.2) is 0 Å². The fourth-order valence-electron chi connectivity index (χ4n) is 1.71. The maximum atomic E-state index is 12.0. The molecule has 0 aliphatic rings. The molecular weight excluding hydrogens is 337 g/mol. The van der Waals surface area contributed by atoms with E-state index in [0.717, 1.165) is 11.1 Å². The average Bonchev–Trinajstić information content (AvgIpc) is 2.30. The van der Waals surface area contributed by atoms with E-state index in [1.807, 2.05) is 6.92 Å². The maximum Gasteiger partial charge on any atom is 0.265 e. The molecule has 0 atom stereocenters. The number of nitrogens with zero attached hydrogens (tertiary/aromatic N) is 1.